The van der Waals surface area contributed by atoms with Crippen LogP contribution in [0.2, 0.25) is 10.0 Å². The molecule has 0 fully saturated rings. The number of nitrogens with one attached hydrogen (secondary N) is 1. The molecule has 5 nitrogen and oxygen atoms in total. The third-order valence-electron chi connectivity index (χ3n) is 2.73. The molecule has 1 atom stereocenters. The van der Waals surface area contributed by atoms with Crippen molar-refractivity contribution in [2.45, 2.75) is 12.5 Å². The summed E-state index contributed by atoms with van der Waals surface area (Å²) >= 11 is 11.9. The Balaban J connectivity index is 2.28. The van der Waals surface area contributed by atoms with Crippen LogP contribution in [0.4, 0.5) is 5.69 Å². The number of nitrogen functional groups attached to an aromatic ring is 1. The first-order valence-corrected chi connectivity index (χ1v) is 6.33. The van der Waals surface area contributed by atoms with Gasteiger partial charge in [-0.1, -0.05) is 23.2 Å². The lowest BCUT2D eigenvalue weighted by molar-refractivity contribution is 0.538. The number of pyridine rings is 2. The highest BCUT2D eigenvalue weighted by Crippen LogP contribution is 2.26. The smallest absolute Gasteiger partial charge is 0.0777 e. The summed E-state index contributed by atoms with van der Waals surface area (Å²) in [5.74, 6) is 5.57. The summed E-state index contributed by atoms with van der Waals surface area (Å²) in [6, 6.07) is 3.10. The molecule has 5 N–H and O–H groups in total. The monoisotopic (exact) mass is 297 g/mol. The summed E-state index contributed by atoms with van der Waals surface area (Å²) < 4.78 is 0. The molecule has 0 amide bonds. The summed E-state index contributed by atoms with van der Waals surface area (Å²) in [5.41, 5.74) is 10.7. The average molecular weight is 298 g/mol. The van der Waals surface area contributed by atoms with Crippen molar-refractivity contribution < 1.29 is 0 Å². The van der Waals surface area contributed by atoms with E-state index in [4.69, 9.17) is 34.8 Å². The van der Waals surface area contributed by atoms with E-state index in [1.165, 1.54) is 6.20 Å². The highest BCUT2D eigenvalue weighted by Gasteiger charge is 2.17. The third kappa shape index (κ3) is 3.33. The van der Waals surface area contributed by atoms with Gasteiger partial charge in [0.05, 0.1) is 21.8 Å². The van der Waals surface area contributed by atoms with Crippen LogP contribution in [-0.4, -0.2) is 9.97 Å². The summed E-state index contributed by atoms with van der Waals surface area (Å²) in [6.07, 6.45) is 5.39. The van der Waals surface area contributed by atoms with Gasteiger partial charge in [0.2, 0.25) is 0 Å². The fourth-order valence-electron chi connectivity index (χ4n) is 1.74. The molecular formula is C12H13Cl2N5. The van der Waals surface area contributed by atoms with Crippen LogP contribution in [0.1, 0.15) is 17.3 Å². The van der Waals surface area contributed by atoms with Gasteiger partial charge in [-0.05, 0) is 24.1 Å². The van der Waals surface area contributed by atoms with Crippen LogP contribution in [0.3, 0.4) is 0 Å². The Morgan fingerprint density at radius 2 is 2.11 bits per heavy atom. The molecule has 2 rings (SSSR count). The molecule has 7 heteroatoms. The summed E-state index contributed by atoms with van der Waals surface area (Å²) in [4.78, 5) is 8.25. The van der Waals surface area contributed by atoms with Crippen LogP contribution >= 0.6 is 23.2 Å². The van der Waals surface area contributed by atoms with Crippen molar-refractivity contribution in [3.8, 4) is 0 Å². The lowest BCUT2D eigenvalue weighted by atomic mass is 10.0. The predicted molar refractivity (Wildman–Crippen MR) is 76.7 cm³/mol. The van der Waals surface area contributed by atoms with Crippen LogP contribution in [-0.2, 0) is 6.42 Å². The van der Waals surface area contributed by atoms with Crippen molar-refractivity contribution in [1.29, 1.82) is 0 Å². The Bertz CT molecular complexity index is 576. The van der Waals surface area contributed by atoms with Gasteiger partial charge in [0.1, 0.15) is 0 Å². The molecular weight excluding hydrogens is 285 g/mol. The quantitative estimate of drug-likeness (QED) is 0.594. The summed E-state index contributed by atoms with van der Waals surface area (Å²) in [5, 5.41) is 0.934. The van der Waals surface area contributed by atoms with E-state index in [1.807, 2.05) is 0 Å². The molecule has 0 bridgehead atoms. The van der Waals surface area contributed by atoms with E-state index in [-0.39, 0.29) is 6.04 Å². The van der Waals surface area contributed by atoms with Gasteiger partial charge in [0.15, 0.2) is 0 Å². The van der Waals surface area contributed by atoms with E-state index in [0.29, 0.717) is 27.8 Å². The van der Waals surface area contributed by atoms with Crippen molar-refractivity contribution in [1.82, 2.24) is 15.4 Å². The molecule has 0 aromatic carbocycles. The minimum absolute atomic E-state index is 0.267. The third-order valence-corrected chi connectivity index (χ3v) is 3.24. The maximum absolute atomic E-state index is 6.12. The van der Waals surface area contributed by atoms with E-state index < -0.39 is 0 Å². The van der Waals surface area contributed by atoms with Gasteiger partial charge in [-0.2, -0.15) is 0 Å². The minimum atomic E-state index is -0.267. The number of halogens is 2. The number of anilines is 1. The molecule has 19 heavy (non-hydrogen) atoms. The predicted octanol–water partition coefficient (Wildman–Crippen LogP) is 2.11. The van der Waals surface area contributed by atoms with Crippen molar-refractivity contribution >= 4 is 28.9 Å². The summed E-state index contributed by atoms with van der Waals surface area (Å²) in [7, 11) is 0. The lowest BCUT2D eigenvalue weighted by Crippen LogP contribution is -2.30. The number of hydrogen-bond acceptors (Lipinski definition) is 5. The Labute approximate surface area is 120 Å². The second-order valence-corrected chi connectivity index (χ2v) is 4.86. The summed E-state index contributed by atoms with van der Waals surface area (Å²) in [6.45, 7) is 0. The minimum Gasteiger partial charge on any atom is -0.398 e. The zero-order valence-corrected chi connectivity index (χ0v) is 11.5. The van der Waals surface area contributed by atoms with E-state index in [9.17, 15) is 0 Å². The number of hydrazine groups is 1. The molecule has 2 heterocycles. The SMILES string of the molecule is NNC(Cc1cnccc1N)c1ncc(Cl)cc1Cl. The fraction of sp³-hybridized carbons (Fsp3) is 0.167. The largest absolute Gasteiger partial charge is 0.398 e. The molecule has 0 saturated carbocycles. The van der Waals surface area contributed by atoms with Crippen molar-refractivity contribution in [2.24, 2.45) is 5.84 Å². The van der Waals surface area contributed by atoms with Gasteiger partial charge in [0, 0.05) is 24.3 Å². The molecule has 0 aliphatic carbocycles. The van der Waals surface area contributed by atoms with Gasteiger partial charge in [-0.15, -0.1) is 0 Å². The van der Waals surface area contributed by atoms with Crippen LogP contribution in [0.25, 0.3) is 0 Å². The fourth-order valence-corrected chi connectivity index (χ4v) is 2.26. The Kier molecular flexibility index (Phi) is 4.55. The Morgan fingerprint density at radius 1 is 1.32 bits per heavy atom. The zero-order valence-electron chi connectivity index (χ0n) is 9.98. The molecule has 1 unspecified atom stereocenters. The van der Waals surface area contributed by atoms with Crippen molar-refractivity contribution in [3.63, 3.8) is 0 Å². The van der Waals surface area contributed by atoms with Gasteiger partial charge in [-0.25, -0.2) is 0 Å². The normalized spacial score (nSPS) is 12.4. The average Bonchev–Trinajstić information content (AvgIpc) is 2.39. The molecule has 100 valence electrons. The molecule has 0 spiro atoms. The van der Waals surface area contributed by atoms with Crippen molar-refractivity contribution in [3.05, 3.63) is 52.0 Å². The number of hydrogen-bond donors (Lipinski definition) is 3. The second-order valence-electron chi connectivity index (χ2n) is 4.02. The van der Waals surface area contributed by atoms with Crippen LogP contribution in [0.15, 0.2) is 30.7 Å². The number of rotatable bonds is 4. The van der Waals surface area contributed by atoms with Gasteiger partial charge < -0.3 is 5.73 Å². The van der Waals surface area contributed by atoms with Gasteiger partial charge in [-0.3, -0.25) is 21.2 Å². The first-order valence-electron chi connectivity index (χ1n) is 5.57. The van der Waals surface area contributed by atoms with Crippen molar-refractivity contribution in [2.75, 3.05) is 5.73 Å². The molecule has 2 aromatic heterocycles. The molecule has 2 aromatic rings. The maximum atomic E-state index is 6.12. The number of nitrogens with two attached hydrogens (primary N) is 2. The zero-order chi connectivity index (χ0) is 13.8. The van der Waals surface area contributed by atoms with Gasteiger partial charge in [0.25, 0.3) is 0 Å². The Hall–Kier alpha value is -1.40. The highest BCUT2D eigenvalue weighted by molar-refractivity contribution is 6.34. The van der Waals surface area contributed by atoms with Crippen LogP contribution in [0, 0.1) is 0 Å². The number of nitrogens with zero attached hydrogens (tertiary/aromatic N) is 2. The topological polar surface area (TPSA) is 89.8 Å². The Morgan fingerprint density at radius 3 is 2.74 bits per heavy atom. The molecule has 0 radical (unpaired) electrons. The molecule has 0 aliphatic heterocycles. The van der Waals surface area contributed by atoms with Gasteiger partial charge >= 0.3 is 0 Å². The maximum Gasteiger partial charge on any atom is 0.0777 e. The standard InChI is InChI=1S/C12H13Cl2N5/c13-8-4-9(14)12(18-6-8)11(19-16)3-7-5-17-2-1-10(7)15/h1-2,4-6,11,19H,3,16H2,(H2,15,17). The van der Waals surface area contributed by atoms with E-state index >= 15 is 0 Å². The second kappa shape index (κ2) is 6.16. The van der Waals surface area contributed by atoms with Crippen LogP contribution in [0.5, 0.6) is 0 Å². The van der Waals surface area contributed by atoms with E-state index in [1.54, 1.807) is 24.5 Å². The first kappa shape index (κ1) is 14.0. The van der Waals surface area contributed by atoms with Crippen LogP contribution < -0.4 is 17.0 Å². The number of aromatic nitrogens is 2. The first-order chi connectivity index (χ1) is 9.11. The molecule has 0 aliphatic rings. The lowest BCUT2D eigenvalue weighted by Gasteiger charge is -2.17. The van der Waals surface area contributed by atoms with E-state index in [2.05, 4.69) is 15.4 Å². The van der Waals surface area contributed by atoms with E-state index in [0.717, 1.165) is 5.56 Å². The molecule has 0 saturated heterocycles. The highest BCUT2D eigenvalue weighted by atomic mass is 35.5.